The van der Waals surface area contributed by atoms with Crippen molar-refractivity contribution in [2.45, 2.75) is 20.4 Å². The van der Waals surface area contributed by atoms with Gasteiger partial charge in [-0.15, -0.1) is 0 Å². The minimum Gasteiger partial charge on any atom is -0.497 e. The Morgan fingerprint density at radius 3 is 2.67 bits per heavy atom. The zero-order valence-electron chi connectivity index (χ0n) is 11.7. The lowest BCUT2D eigenvalue weighted by Gasteiger charge is -2.22. The van der Waals surface area contributed by atoms with Crippen LogP contribution < -0.4 is 4.74 Å². The predicted octanol–water partition coefficient (Wildman–Crippen LogP) is 2.92. The molecule has 3 nitrogen and oxygen atoms in total. The maximum atomic E-state index is 9.10. The summed E-state index contributed by atoms with van der Waals surface area (Å²) >= 11 is 0. The van der Waals surface area contributed by atoms with Gasteiger partial charge in [0.25, 0.3) is 0 Å². The molecule has 0 aliphatic carbocycles. The molecule has 98 valence electrons. The molecule has 0 radical (unpaired) electrons. The maximum absolute atomic E-state index is 9.10. The van der Waals surface area contributed by atoms with E-state index >= 15 is 0 Å². The summed E-state index contributed by atoms with van der Waals surface area (Å²) in [7, 11) is 3.72. The molecule has 0 bridgehead atoms. The Labute approximate surface area is 110 Å². The van der Waals surface area contributed by atoms with Gasteiger partial charge in [0, 0.05) is 13.1 Å². The Morgan fingerprint density at radius 2 is 2.11 bits per heavy atom. The highest BCUT2D eigenvalue weighted by Crippen LogP contribution is 2.16. The molecule has 1 aromatic carbocycles. The number of nitriles is 1. The largest absolute Gasteiger partial charge is 0.497 e. The van der Waals surface area contributed by atoms with Crippen LogP contribution in [0.3, 0.4) is 0 Å². The molecule has 0 saturated heterocycles. The SMILES string of the molecule is COc1cccc(CN(C)CC(C#N)C(C)C)c1. The van der Waals surface area contributed by atoms with Crippen LogP contribution in [-0.4, -0.2) is 25.6 Å². The van der Waals surface area contributed by atoms with E-state index in [0.29, 0.717) is 5.92 Å². The van der Waals surface area contributed by atoms with Crippen LogP contribution in [0, 0.1) is 23.2 Å². The number of nitrogens with zero attached hydrogens (tertiary/aromatic N) is 2. The third-order valence-corrected chi connectivity index (χ3v) is 3.07. The van der Waals surface area contributed by atoms with Crippen LogP contribution in [0.15, 0.2) is 24.3 Å². The van der Waals surface area contributed by atoms with E-state index in [-0.39, 0.29) is 5.92 Å². The zero-order chi connectivity index (χ0) is 13.5. The van der Waals surface area contributed by atoms with Crippen molar-refractivity contribution in [1.82, 2.24) is 4.90 Å². The fourth-order valence-electron chi connectivity index (χ4n) is 1.88. The molecule has 1 atom stereocenters. The van der Waals surface area contributed by atoms with Crippen LogP contribution in [0.5, 0.6) is 5.75 Å². The van der Waals surface area contributed by atoms with E-state index in [1.165, 1.54) is 5.56 Å². The summed E-state index contributed by atoms with van der Waals surface area (Å²) in [6.45, 7) is 5.81. The van der Waals surface area contributed by atoms with Crippen molar-refractivity contribution in [3.05, 3.63) is 29.8 Å². The van der Waals surface area contributed by atoms with Gasteiger partial charge in [-0.3, -0.25) is 0 Å². The molecular weight excluding hydrogens is 224 g/mol. The van der Waals surface area contributed by atoms with Crippen molar-refractivity contribution in [2.24, 2.45) is 11.8 Å². The first-order valence-corrected chi connectivity index (χ1v) is 6.28. The molecule has 0 aromatic heterocycles. The van der Waals surface area contributed by atoms with Crippen molar-refractivity contribution in [1.29, 1.82) is 5.26 Å². The Bertz CT molecular complexity index is 409. The molecule has 1 rings (SSSR count). The highest BCUT2D eigenvalue weighted by atomic mass is 16.5. The third kappa shape index (κ3) is 4.38. The van der Waals surface area contributed by atoms with Crippen LogP contribution in [0.1, 0.15) is 19.4 Å². The molecule has 1 unspecified atom stereocenters. The van der Waals surface area contributed by atoms with Gasteiger partial charge in [-0.2, -0.15) is 5.26 Å². The summed E-state index contributed by atoms with van der Waals surface area (Å²) in [5.74, 6) is 1.35. The summed E-state index contributed by atoms with van der Waals surface area (Å²) in [6.07, 6.45) is 0. The number of hydrogen-bond donors (Lipinski definition) is 0. The van der Waals surface area contributed by atoms with Crippen LogP contribution >= 0.6 is 0 Å². The van der Waals surface area contributed by atoms with Gasteiger partial charge < -0.3 is 9.64 Å². The van der Waals surface area contributed by atoms with Gasteiger partial charge in [-0.1, -0.05) is 26.0 Å². The number of ether oxygens (including phenoxy) is 1. The van der Waals surface area contributed by atoms with E-state index in [1.807, 2.05) is 25.2 Å². The highest BCUT2D eigenvalue weighted by Gasteiger charge is 2.14. The molecule has 3 heteroatoms. The molecular formula is C15H22N2O. The van der Waals surface area contributed by atoms with Gasteiger partial charge in [-0.25, -0.2) is 0 Å². The van der Waals surface area contributed by atoms with Gasteiger partial charge in [0.15, 0.2) is 0 Å². The topological polar surface area (TPSA) is 36.3 Å². The fourth-order valence-corrected chi connectivity index (χ4v) is 1.88. The second-order valence-corrected chi connectivity index (χ2v) is 5.03. The Balaban J connectivity index is 2.58. The Morgan fingerprint density at radius 1 is 1.39 bits per heavy atom. The van der Waals surface area contributed by atoms with Gasteiger partial charge in [0.2, 0.25) is 0 Å². The first-order chi connectivity index (χ1) is 8.56. The van der Waals surface area contributed by atoms with Crippen molar-refractivity contribution in [2.75, 3.05) is 20.7 Å². The molecule has 0 amide bonds. The van der Waals surface area contributed by atoms with Gasteiger partial charge in [0.05, 0.1) is 19.1 Å². The third-order valence-electron chi connectivity index (χ3n) is 3.07. The molecule has 0 aliphatic rings. The number of methoxy groups -OCH3 is 1. The van der Waals surface area contributed by atoms with E-state index in [4.69, 9.17) is 10.00 Å². The van der Waals surface area contributed by atoms with Gasteiger partial charge >= 0.3 is 0 Å². The second kappa shape index (κ2) is 7.03. The van der Waals surface area contributed by atoms with Crippen LogP contribution in [0.2, 0.25) is 0 Å². The van der Waals surface area contributed by atoms with Gasteiger partial charge in [0.1, 0.15) is 5.75 Å². The second-order valence-electron chi connectivity index (χ2n) is 5.03. The molecule has 1 aromatic rings. The minimum absolute atomic E-state index is 0.0839. The Kier molecular flexibility index (Phi) is 5.67. The smallest absolute Gasteiger partial charge is 0.119 e. The van der Waals surface area contributed by atoms with E-state index in [0.717, 1.165) is 18.8 Å². The van der Waals surface area contributed by atoms with Crippen molar-refractivity contribution in [3.8, 4) is 11.8 Å². The van der Waals surface area contributed by atoms with E-state index in [1.54, 1.807) is 7.11 Å². The summed E-state index contributed by atoms with van der Waals surface area (Å²) in [5, 5.41) is 9.10. The molecule has 0 saturated carbocycles. The van der Waals surface area contributed by atoms with E-state index in [9.17, 15) is 0 Å². The first-order valence-electron chi connectivity index (χ1n) is 6.28. The summed E-state index contributed by atoms with van der Waals surface area (Å²) in [5.41, 5.74) is 1.21. The van der Waals surface area contributed by atoms with E-state index < -0.39 is 0 Å². The molecule has 0 fully saturated rings. The first kappa shape index (κ1) is 14.5. The number of rotatable bonds is 6. The lowest BCUT2D eigenvalue weighted by molar-refractivity contribution is 0.265. The van der Waals surface area contributed by atoms with Crippen LogP contribution in [0.25, 0.3) is 0 Å². The summed E-state index contributed by atoms with van der Waals surface area (Å²) in [6, 6.07) is 10.4. The molecule has 0 heterocycles. The highest BCUT2D eigenvalue weighted by molar-refractivity contribution is 5.28. The average molecular weight is 246 g/mol. The van der Waals surface area contributed by atoms with Crippen molar-refractivity contribution in [3.63, 3.8) is 0 Å². The zero-order valence-corrected chi connectivity index (χ0v) is 11.7. The molecule has 0 spiro atoms. The number of hydrogen-bond acceptors (Lipinski definition) is 3. The normalized spacial score (nSPS) is 12.5. The van der Waals surface area contributed by atoms with Crippen molar-refractivity contribution < 1.29 is 4.74 Å². The molecule has 18 heavy (non-hydrogen) atoms. The minimum atomic E-state index is 0.0839. The van der Waals surface area contributed by atoms with Crippen LogP contribution in [0.4, 0.5) is 0 Å². The summed E-state index contributed by atoms with van der Waals surface area (Å²) < 4.78 is 5.21. The van der Waals surface area contributed by atoms with E-state index in [2.05, 4.69) is 30.9 Å². The lowest BCUT2D eigenvalue weighted by atomic mass is 9.97. The average Bonchev–Trinajstić information content (AvgIpc) is 2.35. The molecule has 0 N–H and O–H groups in total. The fraction of sp³-hybridized carbons (Fsp3) is 0.533. The quantitative estimate of drug-likeness (QED) is 0.774. The predicted molar refractivity (Wildman–Crippen MR) is 73.3 cm³/mol. The Hall–Kier alpha value is -1.53. The van der Waals surface area contributed by atoms with Crippen molar-refractivity contribution >= 4 is 0 Å². The van der Waals surface area contributed by atoms with Gasteiger partial charge in [-0.05, 0) is 30.7 Å². The lowest BCUT2D eigenvalue weighted by Crippen LogP contribution is -2.27. The van der Waals surface area contributed by atoms with Crippen LogP contribution in [-0.2, 0) is 6.54 Å². The summed E-state index contributed by atoms with van der Waals surface area (Å²) in [4.78, 5) is 2.18. The number of benzene rings is 1. The maximum Gasteiger partial charge on any atom is 0.119 e. The standard InChI is InChI=1S/C15H22N2O/c1-12(2)14(9-16)11-17(3)10-13-6-5-7-15(8-13)18-4/h5-8,12,14H,10-11H2,1-4H3. The monoisotopic (exact) mass is 246 g/mol. The molecule has 0 aliphatic heterocycles.